The summed E-state index contributed by atoms with van der Waals surface area (Å²) >= 11 is 0. The van der Waals surface area contributed by atoms with Gasteiger partial charge in [-0.25, -0.2) is 0 Å². The first-order valence-electron chi connectivity index (χ1n) is 5.59. The smallest absolute Gasteiger partial charge is 0.254 e. The molecular weight excluding hydrogens is 256 g/mol. The minimum atomic E-state index is -0.497. The number of carbonyl (C=O) groups excluding carboxylic acids is 1. The highest BCUT2D eigenvalue weighted by atomic mass is 35.5. The molecule has 6 heteroatoms. The van der Waals surface area contributed by atoms with Crippen LogP contribution in [0.5, 0.6) is 5.75 Å². The Balaban J connectivity index is 0.00000162. The largest absolute Gasteiger partial charge is 0.506 e. The minimum Gasteiger partial charge on any atom is -0.506 e. The molecule has 1 saturated heterocycles. The van der Waals surface area contributed by atoms with Gasteiger partial charge in [0.05, 0.1) is 12.3 Å². The molecule has 5 nitrogen and oxygen atoms in total. The quantitative estimate of drug-likeness (QED) is 0.704. The van der Waals surface area contributed by atoms with E-state index in [1.54, 1.807) is 18.2 Å². The monoisotopic (exact) mass is 272 g/mol. The normalized spacial score (nSPS) is 18.8. The van der Waals surface area contributed by atoms with Crippen LogP contribution < -0.4 is 10.6 Å². The Kier molecular flexibility index (Phi) is 5.40. The number of rotatable bonds is 2. The number of nitrogens with one attached hydrogen (secondary N) is 2. The van der Waals surface area contributed by atoms with Gasteiger partial charge in [-0.05, 0) is 24.6 Å². The highest BCUT2D eigenvalue weighted by Crippen LogP contribution is 2.24. The molecule has 1 aliphatic rings. The molecule has 1 aliphatic heterocycles. The molecule has 2 rings (SSSR count). The number of phenols is 1. The summed E-state index contributed by atoms with van der Waals surface area (Å²) < 4.78 is 5.33. The molecule has 1 amide bonds. The maximum atomic E-state index is 11.8. The van der Waals surface area contributed by atoms with Crippen molar-refractivity contribution in [3.8, 4) is 5.75 Å². The number of morpholine rings is 1. The Morgan fingerprint density at radius 1 is 1.56 bits per heavy atom. The molecule has 1 heterocycles. The van der Waals surface area contributed by atoms with Crippen LogP contribution >= 0.6 is 12.4 Å². The number of benzene rings is 1. The van der Waals surface area contributed by atoms with Crippen molar-refractivity contribution in [3.63, 3.8) is 0 Å². The van der Waals surface area contributed by atoms with Crippen LogP contribution in [0.4, 0.5) is 5.69 Å². The number of anilines is 1. The summed E-state index contributed by atoms with van der Waals surface area (Å²) in [6.07, 6.45) is -0.497. The fourth-order valence-electron chi connectivity index (χ4n) is 1.70. The molecule has 0 unspecified atom stereocenters. The lowest BCUT2D eigenvalue weighted by atomic mass is 10.2. The zero-order valence-electron chi connectivity index (χ0n) is 10.1. The number of hydrogen-bond donors (Lipinski definition) is 3. The first kappa shape index (κ1) is 14.8. The van der Waals surface area contributed by atoms with Crippen molar-refractivity contribution >= 4 is 24.0 Å². The van der Waals surface area contributed by atoms with E-state index in [9.17, 15) is 9.90 Å². The highest BCUT2D eigenvalue weighted by Gasteiger charge is 2.22. The number of hydrogen-bond acceptors (Lipinski definition) is 4. The Hall–Kier alpha value is -1.30. The van der Waals surface area contributed by atoms with Crippen LogP contribution in [0.3, 0.4) is 0 Å². The molecule has 1 aromatic rings. The van der Waals surface area contributed by atoms with Crippen LogP contribution in [-0.2, 0) is 9.53 Å². The zero-order valence-corrected chi connectivity index (χ0v) is 10.9. The van der Waals surface area contributed by atoms with Gasteiger partial charge in [0, 0.05) is 13.1 Å². The first-order chi connectivity index (χ1) is 8.16. The van der Waals surface area contributed by atoms with Crippen molar-refractivity contribution in [2.75, 3.05) is 25.0 Å². The molecule has 0 radical (unpaired) electrons. The molecule has 1 fully saturated rings. The summed E-state index contributed by atoms with van der Waals surface area (Å²) in [6, 6.07) is 5.07. The van der Waals surface area contributed by atoms with Crippen molar-refractivity contribution in [2.24, 2.45) is 0 Å². The molecule has 1 aromatic carbocycles. The minimum absolute atomic E-state index is 0. The van der Waals surface area contributed by atoms with Gasteiger partial charge >= 0.3 is 0 Å². The molecule has 0 saturated carbocycles. The maximum Gasteiger partial charge on any atom is 0.254 e. The SMILES string of the molecule is Cc1ccc(O)c(NC(=O)[C@H]2CNCCO2)c1.Cl. The van der Waals surface area contributed by atoms with E-state index in [-0.39, 0.29) is 24.1 Å². The number of aryl methyl sites for hydroxylation is 1. The van der Waals surface area contributed by atoms with E-state index in [1.165, 1.54) is 0 Å². The van der Waals surface area contributed by atoms with Crippen molar-refractivity contribution in [1.82, 2.24) is 5.32 Å². The van der Waals surface area contributed by atoms with E-state index in [0.29, 0.717) is 18.8 Å². The van der Waals surface area contributed by atoms with Crippen LogP contribution in [0.25, 0.3) is 0 Å². The van der Waals surface area contributed by atoms with Gasteiger partial charge < -0.3 is 20.5 Å². The molecule has 1 atom stereocenters. The van der Waals surface area contributed by atoms with Gasteiger partial charge in [0.15, 0.2) is 0 Å². The van der Waals surface area contributed by atoms with Gasteiger partial charge in [0.25, 0.3) is 5.91 Å². The van der Waals surface area contributed by atoms with Gasteiger partial charge in [0.2, 0.25) is 0 Å². The third kappa shape index (κ3) is 3.60. The van der Waals surface area contributed by atoms with E-state index >= 15 is 0 Å². The molecule has 18 heavy (non-hydrogen) atoms. The van der Waals surface area contributed by atoms with Gasteiger partial charge in [0.1, 0.15) is 11.9 Å². The molecule has 0 aromatic heterocycles. The van der Waals surface area contributed by atoms with Gasteiger partial charge in [-0.15, -0.1) is 12.4 Å². The number of amides is 1. The first-order valence-corrected chi connectivity index (χ1v) is 5.59. The standard InChI is InChI=1S/C12H16N2O3.ClH/c1-8-2-3-10(15)9(6-8)14-12(16)11-7-13-4-5-17-11;/h2-3,6,11,13,15H,4-5,7H2,1H3,(H,14,16);1H/t11-;/m1./s1. The van der Waals surface area contributed by atoms with Crippen LogP contribution in [-0.4, -0.2) is 36.8 Å². The number of carbonyl (C=O) groups is 1. The van der Waals surface area contributed by atoms with E-state index in [0.717, 1.165) is 12.1 Å². The van der Waals surface area contributed by atoms with E-state index < -0.39 is 6.10 Å². The fourth-order valence-corrected chi connectivity index (χ4v) is 1.70. The lowest BCUT2D eigenvalue weighted by Gasteiger charge is -2.22. The van der Waals surface area contributed by atoms with Crippen LogP contribution in [0, 0.1) is 6.92 Å². The third-order valence-electron chi connectivity index (χ3n) is 2.63. The Labute approximate surface area is 112 Å². The lowest BCUT2D eigenvalue weighted by Crippen LogP contribution is -2.45. The average Bonchev–Trinajstić information content (AvgIpc) is 2.35. The van der Waals surface area contributed by atoms with Gasteiger partial charge in [-0.1, -0.05) is 6.07 Å². The lowest BCUT2D eigenvalue weighted by molar-refractivity contribution is -0.128. The predicted octanol–water partition coefficient (Wildman–Crippen LogP) is 1.05. The Bertz CT molecular complexity index is 420. The van der Waals surface area contributed by atoms with E-state index in [2.05, 4.69) is 10.6 Å². The third-order valence-corrected chi connectivity index (χ3v) is 2.63. The zero-order chi connectivity index (χ0) is 12.3. The number of ether oxygens (including phenoxy) is 1. The number of aromatic hydroxyl groups is 1. The second kappa shape index (κ2) is 6.58. The van der Waals surface area contributed by atoms with Crippen LogP contribution in [0.15, 0.2) is 18.2 Å². The molecular formula is C12H17ClN2O3. The van der Waals surface area contributed by atoms with E-state index in [4.69, 9.17) is 4.74 Å². The van der Waals surface area contributed by atoms with Gasteiger partial charge in [-0.3, -0.25) is 4.79 Å². The summed E-state index contributed by atoms with van der Waals surface area (Å²) in [5.74, 6) is -0.175. The molecule has 3 N–H and O–H groups in total. The predicted molar refractivity (Wildman–Crippen MR) is 71.3 cm³/mol. The maximum absolute atomic E-state index is 11.8. The molecule has 0 aliphatic carbocycles. The second-order valence-electron chi connectivity index (χ2n) is 4.07. The van der Waals surface area contributed by atoms with Crippen molar-refractivity contribution < 1.29 is 14.6 Å². The van der Waals surface area contributed by atoms with Crippen LogP contribution in [0.2, 0.25) is 0 Å². The Morgan fingerprint density at radius 2 is 2.33 bits per heavy atom. The number of halogens is 1. The summed E-state index contributed by atoms with van der Waals surface area (Å²) in [6.45, 7) is 3.68. The molecule has 100 valence electrons. The van der Waals surface area contributed by atoms with E-state index in [1.807, 2.05) is 6.92 Å². The topological polar surface area (TPSA) is 70.6 Å². The van der Waals surface area contributed by atoms with Crippen molar-refractivity contribution in [1.29, 1.82) is 0 Å². The van der Waals surface area contributed by atoms with Crippen LogP contribution in [0.1, 0.15) is 5.56 Å². The number of phenolic OH excluding ortho intramolecular Hbond substituents is 1. The second-order valence-corrected chi connectivity index (χ2v) is 4.07. The van der Waals surface area contributed by atoms with Crippen molar-refractivity contribution in [3.05, 3.63) is 23.8 Å². The summed E-state index contributed by atoms with van der Waals surface area (Å²) in [5, 5.41) is 15.4. The highest BCUT2D eigenvalue weighted by molar-refractivity contribution is 5.95. The molecule has 0 bridgehead atoms. The summed E-state index contributed by atoms with van der Waals surface area (Å²) in [4.78, 5) is 11.8. The summed E-state index contributed by atoms with van der Waals surface area (Å²) in [7, 11) is 0. The fraction of sp³-hybridized carbons (Fsp3) is 0.417. The van der Waals surface area contributed by atoms with Crippen molar-refractivity contribution in [2.45, 2.75) is 13.0 Å². The summed E-state index contributed by atoms with van der Waals surface area (Å²) in [5.41, 5.74) is 1.39. The Morgan fingerprint density at radius 3 is 3.00 bits per heavy atom. The molecule has 0 spiro atoms. The average molecular weight is 273 g/mol. The van der Waals surface area contributed by atoms with Gasteiger partial charge in [-0.2, -0.15) is 0 Å².